The number of hydrogen-bond acceptors (Lipinski definition) is 1. The van der Waals surface area contributed by atoms with Crippen LogP contribution in [0.15, 0.2) is 84.9 Å². The minimum Gasteiger partial charge on any atom is -0.377 e. The molecule has 0 heterocycles. The lowest BCUT2D eigenvalue weighted by Gasteiger charge is -2.28. The third kappa shape index (κ3) is 6.45. The topological polar surface area (TPSA) is 9.23 Å². The zero-order chi connectivity index (χ0) is 22.9. The molecule has 0 aliphatic heterocycles. The van der Waals surface area contributed by atoms with Crippen LogP contribution >= 0.6 is 0 Å². The van der Waals surface area contributed by atoms with Crippen LogP contribution in [-0.2, 0) is 11.3 Å². The molecule has 0 spiro atoms. The molecule has 1 aliphatic carbocycles. The van der Waals surface area contributed by atoms with Gasteiger partial charge in [0.25, 0.3) is 0 Å². The number of hydrogen-bond donors (Lipinski definition) is 0. The van der Waals surface area contributed by atoms with Crippen molar-refractivity contribution in [3.63, 3.8) is 0 Å². The van der Waals surface area contributed by atoms with E-state index in [4.69, 9.17) is 4.74 Å². The Morgan fingerprint density at radius 3 is 1.76 bits per heavy atom. The van der Waals surface area contributed by atoms with Crippen molar-refractivity contribution in [2.45, 2.75) is 64.9 Å². The zero-order valence-electron chi connectivity index (χ0n) is 20.3. The highest BCUT2D eigenvalue weighted by Crippen LogP contribution is 2.38. The minimum atomic E-state index is 0.684. The molecule has 1 aliphatic rings. The second-order valence-electron chi connectivity index (χ2n) is 9.40. The van der Waals surface area contributed by atoms with Gasteiger partial charge in [-0.25, -0.2) is 0 Å². The highest BCUT2D eigenvalue weighted by Gasteiger charge is 2.21. The fourth-order valence-corrected chi connectivity index (χ4v) is 5.10. The van der Waals surface area contributed by atoms with E-state index >= 15 is 0 Å². The largest absolute Gasteiger partial charge is 0.377 e. The van der Waals surface area contributed by atoms with Crippen LogP contribution in [0.25, 0.3) is 22.3 Å². The molecule has 0 atom stereocenters. The number of benzene rings is 3. The smallest absolute Gasteiger partial charge is 0.0716 e. The summed E-state index contributed by atoms with van der Waals surface area (Å²) < 4.78 is 5.50. The Labute approximate surface area is 200 Å². The van der Waals surface area contributed by atoms with Gasteiger partial charge in [-0.1, -0.05) is 84.9 Å². The quantitative estimate of drug-likeness (QED) is 0.303. The second-order valence-corrected chi connectivity index (χ2v) is 9.40. The summed E-state index contributed by atoms with van der Waals surface area (Å²) in [6, 6.07) is 27.0. The fraction of sp³-hybridized carbons (Fsp3) is 0.375. The molecule has 0 amide bonds. The molecular weight excluding hydrogens is 400 g/mol. The fourth-order valence-electron chi connectivity index (χ4n) is 5.10. The molecule has 0 aromatic heterocycles. The predicted octanol–water partition coefficient (Wildman–Crippen LogP) is 9.19. The van der Waals surface area contributed by atoms with E-state index in [-0.39, 0.29) is 0 Å². The molecule has 1 fully saturated rings. The van der Waals surface area contributed by atoms with Crippen molar-refractivity contribution in [2.75, 3.05) is 6.61 Å². The standard InChI is InChI=1S/C32H38O/c1-3-5-6-7-25-8-12-27(13-9-25)29-16-20-31(21-17-29)32-22-18-30(19-23-32)28-14-10-26(11-15-28)24-33-4-2/h3,5,10-11,14-23,25,27H,4,6-9,12-13,24H2,1-2H3/t25-,27-. The van der Waals surface area contributed by atoms with Crippen molar-refractivity contribution in [2.24, 2.45) is 5.92 Å². The van der Waals surface area contributed by atoms with E-state index in [1.54, 1.807) is 0 Å². The Hall–Kier alpha value is -2.64. The van der Waals surface area contributed by atoms with Crippen LogP contribution in [0.4, 0.5) is 0 Å². The van der Waals surface area contributed by atoms with Gasteiger partial charge in [0, 0.05) is 6.61 Å². The van der Waals surface area contributed by atoms with E-state index < -0.39 is 0 Å². The lowest BCUT2D eigenvalue weighted by Crippen LogP contribution is -2.13. The summed E-state index contributed by atoms with van der Waals surface area (Å²) in [5.41, 5.74) is 7.83. The van der Waals surface area contributed by atoms with E-state index in [0.717, 1.165) is 18.4 Å². The summed E-state index contributed by atoms with van der Waals surface area (Å²) in [7, 11) is 0. The average molecular weight is 439 g/mol. The van der Waals surface area contributed by atoms with Crippen LogP contribution in [0.5, 0.6) is 0 Å². The van der Waals surface area contributed by atoms with E-state index in [1.165, 1.54) is 71.9 Å². The summed E-state index contributed by atoms with van der Waals surface area (Å²) in [6.45, 7) is 5.59. The predicted molar refractivity (Wildman–Crippen MR) is 141 cm³/mol. The molecule has 3 aromatic rings. The van der Waals surface area contributed by atoms with E-state index in [0.29, 0.717) is 6.61 Å². The van der Waals surface area contributed by atoms with Crippen molar-refractivity contribution in [1.82, 2.24) is 0 Å². The van der Waals surface area contributed by atoms with Crippen LogP contribution in [-0.4, -0.2) is 6.61 Å². The van der Waals surface area contributed by atoms with E-state index in [1.807, 2.05) is 6.92 Å². The van der Waals surface area contributed by atoms with Crippen molar-refractivity contribution in [1.29, 1.82) is 0 Å². The number of rotatable bonds is 9. The van der Waals surface area contributed by atoms with Gasteiger partial charge in [-0.05, 0) is 97.6 Å². The lowest BCUT2D eigenvalue weighted by molar-refractivity contribution is 0.134. The van der Waals surface area contributed by atoms with Gasteiger partial charge < -0.3 is 4.74 Å². The molecule has 0 bridgehead atoms. The monoisotopic (exact) mass is 438 g/mol. The van der Waals surface area contributed by atoms with Gasteiger partial charge in [0.2, 0.25) is 0 Å². The Morgan fingerprint density at radius 2 is 1.24 bits per heavy atom. The molecular formula is C32H38O. The molecule has 1 heteroatoms. The van der Waals surface area contributed by atoms with Crippen molar-refractivity contribution >= 4 is 0 Å². The van der Waals surface area contributed by atoms with Gasteiger partial charge in [-0.2, -0.15) is 0 Å². The van der Waals surface area contributed by atoms with Crippen LogP contribution in [0.3, 0.4) is 0 Å². The maximum absolute atomic E-state index is 5.50. The van der Waals surface area contributed by atoms with Crippen molar-refractivity contribution in [3.05, 3.63) is 96.1 Å². The van der Waals surface area contributed by atoms with Crippen LogP contribution in [0.1, 0.15) is 69.4 Å². The Kier molecular flexibility index (Phi) is 8.55. The Morgan fingerprint density at radius 1 is 0.727 bits per heavy atom. The van der Waals surface area contributed by atoms with Crippen LogP contribution in [0, 0.1) is 5.92 Å². The number of allylic oxidation sites excluding steroid dienone is 2. The number of ether oxygens (including phenoxy) is 1. The van der Waals surface area contributed by atoms with E-state index in [9.17, 15) is 0 Å². The zero-order valence-corrected chi connectivity index (χ0v) is 20.3. The highest BCUT2D eigenvalue weighted by molar-refractivity contribution is 5.70. The third-order valence-corrected chi connectivity index (χ3v) is 7.18. The summed E-state index contributed by atoms with van der Waals surface area (Å²) >= 11 is 0. The van der Waals surface area contributed by atoms with Gasteiger partial charge in [0.15, 0.2) is 0 Å². The molecule has 0 N–H and O–H groups in total. The molecule has 1 nitrogen and oxygen atoms in total. The maximum atomic E-state index is 5.50. The SMILES string of the molecule is CC=CCC[C@H]1CC[C@H](c2ccc(-c3ccc(-c4ccc(COCC)cc4)cc3)cc2)CC1. The highest BCUT2D eigenvalue weighted by atomic mass is 16.5. The van der Waals surface area contributed by atoms with Crippen LogP contribution < -0.4 is 0 Å². The van der Waals surface area contributed by atoms with Crippen molar-refractivity contribution in [3.8, 4) is 22.3 Å². The summed E-state index contributed by atoms with van der Waals surface area (Å²) in [5.74, 6) is 1.67. The second kappa shape index (κ2) is 12.0. The van der Waals surface area contributed by atoms with Gasteiger partial charge in [-0.15, -0.1) is 0 Å². The van der Waals surface area contributed by atoms with Gasteiger partial charge in [0.1, 0.15) is 0 Å². The summed E-state index contributed by atoms with van der Waals surface area (Å²) in [5, 5.41) is 0. The van der Waals surface area contributed by atoms with Crippen LogP contribution in [0.2, 0.25) is 0 Å². The molecule has 33 heavy (non-hydrogen) atoms. The first-order valence-corrected chi connectivity index (χ1v) is 12.8. The summed E-state index contributed by atoms with van der Waals surface area (Å²) in [4.78, 5) is 0. The molecule has 172 valence electrons. The molecule has 0 unspecified atom stereocenters. The first-order chi connectivity index (χ1) is 16.3. The molecule has 0 radical (unpaired) electrons. The van der Waals surface area contributed by atoms with Crippen molar-refractivity contribution < 1.29 is 4.74 Å². The first kappa shape index (κ1) is 23.5. The third-order valence-electron chi connectivity index (χ3n) is 7.18. The average Bonchev–Trinajstić information content (AvgIpc) is 2.89. The molecule has 4 rings (SSSR count). The lowest BCUT2D eigenvalue weighted by atomic mass is 9.77. The van der Waals surface area contributed by atoms with Gasteiger partial charge in [0.05, 0.1) is 6.61 Å². The molecule has 1 saturated carbocycles. The van der Waals surface area contributed by atoms with Gasteiger partial charge in [-0.3, -0.25) is 0 Å². The molecule has 3 aromatic carbocycles. The molecule has 0 saturated heterocycles. The Balaban J connectivity index is 1.34. The maximum Gasteiger partial charge on any atom is 0.0716 e. The van der Waals surface area contributed by atoms with Gasteiger partial charge >= 0.3 is 0 Å². The minimum absolute atomic E-state index is 0.684. The normalized spacial score (nSPS) is 18.6. The summed E-state index contributed by atoms with van der Waals surface area (Å²) in [6.07, 6.45) is 12.6. The Bertz CT molecular complexity index is 988. The first-order valence-electron chi connectivity index (χ1n) is 12.8. The van der Waals surface area contributed by atoms with E-state index in [2.05, 4.69) is 91.9 Å².